The zero-order valence-electron chi connectivity index (χ0n) is 11.5. The van der Waals surface area contributed by atoms with Crippen molar-refractivity contribution in [1.29, 1.82) is 0 Å². The average Bonchev–Trinajstić information content (AvgIpc) is 3.17. The second kappa shape index (κ2) is 5.34. The summed E-state index contributed by atoms with van der Waals surface area (Å²) in [7, 11) is -0.251. The van der Waals surface area contributed by atoms with Gasteiger partial charge in [-0.05, 0) is 43.4 Å². The summed E-state index contributed by atoms with van der Waals surface area (Å²) < 4.78 is 25.5. The zero-order chi connectivity index (χ0) is 14.1. The molecule has 19 heavy (non-hydrogen) atoms. The molecule has 4 nitrogen and oxygen atoms in total. The van der Waals surface area contributed by atoms with Gasteiger partial charge in [0.05, 0.1) is 4.90 Å². The quantitative estimate of drug-likeness (QED) is 0.875. The third-order valence-corrected chi connectivity index (χ3v) is 6.74. The summed E-state index contributed by atoms with van der Waals surface area (Å²) in [6.45, 7) is 0.938. The smallest absolute Gasteiger partial charge is 0.242 e. The van der Waals surface area contributed by atoms with Gasteiger partial charge in [0, 0.05) is 31.1 Å². The van der Waals surface area contributed by atoms with E-state index in [2.05, 4.69) is 11.6 Å². The first-order chi connectivity index (χ1) is 8.89. The third-order valence-electron chi connectivity index (χ3n) is 3.49. The zero-order valence-corrected chi connectivity index (χ0v) is 13.1. The minimum Gasteiger partial charge on any atom is -0.384 e. The van der Waals surface area contributed by atoms with E-state index in [9.17, 15) is 8.42 Å². The van der Waals surface area contributed by atoms with Gasteiger partial charge in [-0.2, -0.15) is 11.8 Å². The maximum absolute atomic E-state index is 11.9. The molecule has 0 amide bonds. The summed E-state index contributed by atoms with van der Waals surface area (Å²) >= 11 is 1.90. The first kappa shape index (κ1) is 14.7. The van der Waals surface area contributed by atoms with E-state index in [0.29, 0.717) is 9.64 Å². The Labute approximate surface area is 119 Å². The molecule has 0 atom stereocenters. The topological polar surface area (TPSA) is 49.4 Å². The van der Waals surface area contributed by atoms with Gasteiger partial charge in [0.25, 0.3) is 0 Å². The highest BCUT2D eigenvalue weighted by molar-refractivity contribution is 8.00. The fourth-order valence-corrected chi connectivity index (χ4v) is 3.44. The lowest BCUT2D eigenvalue weighted by atomic mass is 10.3. The van der Waals surface area contributed by atoms with Crippen LogP contribution in [0.5, 0.6) is 0 Å². The Hall–Kier alpha value is -0.720. The average molecular weight is 300 g/mol. The summed E-state index contributed by atoms with van der Waals surface area (Å²) in [5, 5.41) is 3.38. The molecule has 1 fully saturated rings. The molecule has 0 unspecified atom stereocenters. The lowest BCUT2D eigenvalue weighted by Gasteiger charge is -2.15. The number of benzene rings is 1. The van der Waals surface area contributed by atoms with E-state index in [1.54, 1.807) is 12.1 Å². The van der Waals surface area contributed by atoms with Gasteiger partial charge in [-0.15, -0.1) is 0 Å². The molecule has 0 saturated heterocycles. The fraction of sp³-hybridized carbons (Fsp3) is 0.538. The first-order valence-corrected chi connectivity index (χ1v) is 8.88. The van der Waals surface area contributed by atoms with Gasteiger partial charge < -0.3 is 5.32 Å². The molecular formula is C13H20N2O2S2. The minimum absolute atomic E-state index is 0.328. The van der Waals surface area contributed by atoms with E-state index in [4.69, 9.17) is 0 Å². The Morgan fingerprint density at radius 2 is 1.84 bits per heavy atom. The molecular weight excluding hydrogens is 280 g/mol. The molecule has 0 aliphatic heterocycles. The van der Waals surface area contributed by atoms with E-state index < -0.39 is 10.0 Å². The van der Waals surface area contributed by atoms with Gasteiger partial charge in [0.15, 0.2) is 0 Å². The third kappa shape index (κ3) is 3.24. The van der Waals surface area contributed by atoms with E-state index in [0.717, 1.165) is 12.2 Å². The van der Waals surface area contributed by atoms with Crippen molar-refractivity contribution in [2.75, 3.05) is 32.2 Å². The number of sulfonamides is 1. The van der Waals surface area contributed by atoms with Gasteiger partial charge in [0.2, 0.25) is 10.0 Å². The number of nitrogens with zero attached hydrogens (tertiary/aromatic N) is 1. The minimum atomic E-state index is -3.33. The predicted octanol–water partition coefficient (Wildman–Crippen LogP) is 2.24. The number of hydrogen-bond donors (Lipinski definition) is 1. The van der Waals surface area contributed by atoms with Gasteiger partial charge in [-0.1, -0.05) is 0 Å². The van der Waals surface area contributed by atoms with Crippen molar-refractivity contribution in [2.24, 2.45) is 0 Å². The number of rotatable bonds is 6. The van der Waals surface area contributed by atoms with Crippen LogP contribution < -0.4 is 5.32 Å². The van der Waals surface area contributed by atoms with Crippen LogP contribution in [0.4, 0.5) is 5.69 Å². The van der Waals surface area contributed by atoms with Crippen LogP contribution in [-0.2, 0) is 10.0 Å². The van der Waals surface area contributed by atoms with Crippen molar-refractivity contribution in [3.63, 3.8) is 0 Å². The van der Waals surface area contributed by atoms with E-state index in [-0.39, 0.29) is 0 Å². The highest BCUT2D eigenvalue weighted by atomic mass is 32.2. The lowest BCUT2D eigenvalue weighted by Crippen LogP contribution is -2.22. The van der Waals surface area contributed by atoms with Crippen molar-refractivity contribution in [3.05, 3.63) is 24.3 Å². The summed E-state index contributed by atoms with van der Waals surface area (Å²) in [4.78, 5) is 0.328. The molecule has 0 bridgehead atoms. The van der Waals surface area contributed by atoms with Crippen LogP contribution in [0.1, 0.15) is 12.8 Å². The molecule has 1 aromatic rings. The van der Waals surface area contributed by atoms with Crippen LogP contribution >= 0.6 is 11.8 Å². The van der Waals surface area contributed by atoms with Crippen LogP contribution in [0.25, 0.3) is 0 Å². The van der Waals surface area contributed by atoms with Crippen molar-refractivity contribution in [2.45, 2.75) is 22.5 Å². The molecule has 0 spiro atoms. The maximum atomic E-state index is 11.9. The Morgan fingerprint density at radius 3 is 2.26 bits per heavy atom. The maximum Gasteiger partial charge on any atom is 0.242 e. The normalized spacial score (nSPS) is 17.5. The molecule has 1 N–H and O–H groups in total. The highest BCUT2D eigenvalue weighted by Crippen LogP contribution is 2.47. The molecule has 1 saturated carbocycles. The summed E-state index contributed by atoms with van der Waals surface area (Å²) in [6, 6.07) is 6.95. The van der Waals surface area contributed by atoms with Crippen LogP contribution in [0.3, 0.4) is 0 Å². The second-order valence-electron chi connectivity index (χ2n) is 5.05. The molecule has 1 aliphatic carbocycles. The number of nitrogens with one attached hydrogen (secondary N) is 1. The van der Waals surface area contributed by atoms with Crippen molar-refractivity contribution in [3.8, 4) is 0 Å². The van der Waals surface area contributed by atoms with E-state index in [1.165, 1.54) is 31.2 Å². The lowest BCUT2D eigenvalue weighted by molar-refractivity contribution is 0.521. The Balaban J connectivity index is 2.03. The monoisotopic (exact) mass is 300 g/mol. The van der Waals surface area contributed by atoms with Crippen LogP contribution in [0.2, 0.25) is 0 Å². The largest absolute Gasteiger partial charge is 0.384 e. The fourth-order valence-electron chi connectivity index (χ4n) is 1.81. The van der Waals surface area contributed by atoms with Crippen LogP contribution in [-0.4, -0.2) is 44.4 Å². The Kier molecular flexibility index (Phi) is 4.13. The van der Waals surface area contributed by atoms with E-state index in [1.807, 2.05) is 23.9 Å². The molecule has 106 valence electrons. The Bertz CT molecular complexity index is 534. The van der Waals surface area contributed by atoms with Gasteiger partial charge in [0.1, 0.15) is 0 Å². The highest BCUT2D eigenvalue weighted by Gasteiger charge is 2.41. The molecule has 1 aliphatic rings. The van der Waals surface area contributed by atoms with Crippen LogP contribution in [0.15, 0.2) is 29.2 Å². The predicted molar refractivity (Wildman–Crippen MR) is 81.3 cm³/mol. The Morgan fingerprint density at radius 1 is 1.26 bits per heavy atom. The van der Waals surface area contributed by atoms with E-state index >= 15 is 0 Å². The molecule has 1 aromatic carbocycles. The van der Waals surface area contributed by atoms with Gasteiger partial charge in [-0.25, -0.2) is 12.7 Å². The number of thioether (sulfide) groups is 1. The summed E-state index contributed by atoms with van der Waals surface area (Å²) in [6.07, 6.45) is 4.66. The molecule has 0 radical (unpaired) electrons. The number of hydrogen-bond acceptors (Lipinski definition) is 4. The van der Waals surface area contributed by atoms with Crippen molar-refractivity contribution < 1.29 is 8.42 Å². The van der Waals surface area contributed by atoms with Crippen LogP contribution in [0, 0.1) is 0 Å². The summed E-state index contributed by atoms with van der Waals surface area (Å²) in [5.41, 5.74) is 0.970. The SMILES string of the molecule is CSC1(CNc2ccc(S(=O)(=O)N(C)C)cc2)CC1. The first-order valence-electron chi connectivity index (χ1n) is 6.21. The second-order valence-corrected chi connectivity index (χ2v) is 8.48. The molecule has 6 heteroatoms. The standard InChI is InChI=1S/C13H20N2O2S2/c1-15(2)19(16,17)12-6-4-11(5-7-12)14-10-13(18-3)8-9-13/h4-7,14H,8-10H2,1-3H3. The molecule has 2 rings (SSSR count). The van der Waals surface area contributed by atoms with Crippen molar-refractivity contribution >= 4 is 27.5 Å². The molecule has 0 heterocycles. The van der Waals surface area contributed by atoms with Crippen molar-refractivity contribution in [1.82, 2.24) is 4.31 Å². The van der Waals surface area contributed by atoms with Gasteiger partial charge in [-0.3, -0.25) is 0 Å². The summed E-state index contributed by atoms with van der Waals surface area (Å²) in [5.74, 6) is 0. The number of anilines is 1. The molecule has 0 aromatic heterocycles. The van der Waals surface area contributed by atoms with Gasteiger partial charge >= 0.3 is 0 Å².